The second kappa shape index (κ2) is 8.31. The SMILES string of the molecule is C[C@@]1(O)[C@H](O)C(OP2(=O)OCC[C@H](c3cccc(F)c3F)O2)O[C@H]1n1ccc2c(N)ncnc21. The van der Waals surface area contributed by atoms with Gasteiger partial charge in [0.05, 0.1) is 18.1 Å². The third-order valence-corrected chi connectivity index (χ3v) is 7.34. The number of aliphatic hydroxyl groups excluding tert-OH is 1. The lowest BCUT2D eigenvalue weighted by atomic mass is 9.99. The van der Waals surface area contributed by atoms with Crippen LogP contribution in [0.2, 0.25) is 0 Å². The van der Waals surface area contributed by atoms with E-state index in [1.165, 1.54) is 36.1 Å². The Morgan fingerprint density at radius 3 is 2.91 bits per heavy atom. The number of rotatable bonds is 4. The number of nitrogens with two attached hydrogens (primary N) is 1. The molecule has 3 aromatic rings. The van der Waals surface area contributed by atoms with E-state index in [1.807, 2.05) is 0 Å². The fraction of sp³-hybridized carbons (Fsp3) is 0.400. The Labute approximate surface area is 191 Å². The Kier molecular flexibility index (Phi) is 5.68. The van der Waals surface area contributed by atoms with E-state index in [1.54, 1.807) is 6.07 Å². The lowest BCUT2D eigenvalue weighted by Crippen LogP contribution is -2.44. The van der Waals surface area contributed by atoms with Gasteiger partial charge in [0, 0.05) is 18.2 Å². The van der Waals surface area contributed by atoms with Gasteiger partial charge in [0.15, 0.2) is 17.9 Å². The molecule has 0 amide bonds. The van der Waals surface area contributed by atoms with E-state index in [0.717, 1.165) is 6.07 Å². The molecule has 14 heteroatoms. The summed E-state index contributed by atoms with van der Waals surface area (Å²) in [6.45, 7) is 1.14. The lowest BCUT2D eigenvalue weighted by molar-refractivity contribution is -0.145. The number of phosphoric ester groups is 1. The molecule has 34 heavy (non-hydrogen) atoms. The van der Waals surface area contributed by atoms with Crippen LogP contribution in [-0.2, 0) is 22.9 Å². The fourth-order valence-electron chi connectivity index (χ4n) is 4.04. The molecule has 0 spiro atoms. The van der Waals surface area contributed by atoms with Crippen LogP contribution >= 0.6 is 7.82 Å². The number of halogens is 2. The van der Waals surface area contributed by atoms with Gasteiger partial charge in [0.25, 0.3) is 0 Å². The van der Waals surface area contributed by atoms with Gasteiger partial charge in [-0.25, -0.2) is 23.3 Å². The minimum atomic E-state index is -4.41. The van der Waals surface area contributed by atoms with Crippen molar-refractivity contribution in [2.75, 3.05) is 12.3 Å². The number of phosphoric acid groups is 1. The van der Waals surface area contributed by atoms with Crippen LogP contribution in [0.4, 0.5) is 14.6 Å². The van der Waals surface area contributed by atoms with E-state index in [2.05, 4.69) is 9.97 Å². The van der Waals surface area contributed by atoms with Gasteiger partial charge in [0.1, 0.15) is 29.5 Å². The number of ether oxygens (including phenoxy) is 1. The number of fused-ring (bicyclic) bond motifs is 1. The first-order chi connectivity index (χ1) is 16.1. The first kappa shape index (κ1) is 23.2. The summed E-state index contributed by atoms with van der Waals surface area (Å²) in [5.74, 6) is -2.01. The number of benzene rings is 1. The van der Waals surface area contributed by atoms with Gasteiger partial charge in [-0.2, -0.15) is 0 Å². The highest BCUT2D eigenvalue weighted by molar-refractivity contribution is 7.48. The number of nitrogens with zero attached hydrogens (tertiary/aromatic N) is 3. The van der Waals surface area contributed by atoms with Gasteiger partial charge in [-0.3, -0.25) is 13.6 Å². The van der Waals surface area contributed by atoms with E-state index in [-0.39, 0.29) is 24.4 Å². The van der Waals surface area contributed by atoms with Crippen molar-refractivity contribution in [2.45, 2.75) is 43.7 Å². The van der Waals surface area contributed by atoms with E-state index in [0.29, 0.717) is 11.0 Å². The molecular weight excluding hydrogens is 477 g/mol. The standard InChI is InChI=1S/C20H21F2N4O7P/c1-20(28)15(27)18(31-19(20)26-7-5-11-16(23)24-9-25-17(11)26)33-34(29)30-8-6-13(32-34)10-3-2-4-12(21)14(10)22/h2-5,7,9,13,15,18-19,27-28H,6,8H2,1H3,(H2,23,24,25)/t13-,15-,18?,19-,20-,34?/m1/s1. The average Bonchev–Trinajstić information content (AvgIpc) is 3.30. The first-order valence-electron chi connectivity index (χ1n) is 10.3. The summed E-state index contributed by atoms with van der Waals surface area (Å²) in [7, 11) is -4.41. The second-order valence-electron chi connectivity index (χ2n) is 8.16. The number of aromatic nitrogens is 3. The van der Waals surface area contributed by atoms with Gasteiger partial charge in [-0.05, 0) is 19.1 Å². The highest BCUT2D eigenvalue weighted by Crippen LogP contribution is 2.59. The van der Waals surface area contributed by atoms with Gasteiger partial charge in [-0.15, -0.1) is 0 Å². The predicted octanol–water partition coefficient (Wildman–Crippen LogP) is 2.56. The highest BCUT2D eigenvalue weighted by Gasteiger charge is 2.57. The fourth-order valence-corrected chi connectivity index (χ4v) is 5.50. The maximum Gasteiger partial charge on any atom is 0.477 e. The molecule has 6 atom stereocenters. The molecule has 2 saturated heterocycles. The first-order valence-corrected chi connectivity index (χ1v) is 11.7. The molecule has 2 aromatic heterocycles. The molecule has 4 N–H and O–H groups in total. The number of anilines is 1. The third kappa shape index (κ3) is 3.79. The zero-order chi connectivity index (χ0) is 24.3. The summed E-state index contributed by atoms with van der Waals surface area (Å²) in [5, 5.41) is 22.2. The van der Waals surface area contributed by atoms with E-state index in [4.69, 9.17) is 24.0 Å². The smallest absolute Gasteiger partial charge is 0.385 e. The zero-order valence-corrected chi connectivity index (χ0v) is 18.6. The van der Waals surface area contributed by atoms with Crippen molar-refractivity contribution in [2.24, 2.45) is 0 Å². The van der Waals surface area contributed by atoms with Crippen LogP contribution in [-0.4, -0.2) is 49.4 Å². The van der Waals surface area contributed by atoms with Crippen LogP contribution < -0.4 is 5.73 Å². The number of hydrogen-bond acceptors (Lipinski definition) is 10. The summed E-state index contributed by atoms with van der Waals surface area (Å²) in [4.78, 5) is 8.04. The normalized spacial score (nSPS) is 34.0. The lowest BCUT2D eigenvalue weighted by Gasteiger charge is -2.31. The van der Waals surface area contributed by atoms with E-state index < -0.39 is 49.8 Å². The number of hydrogen-bond donors (Lipinski definition) is 3. The van der Waals surface area contributed by atoms with Crippen LogP contribution in [0.3, 0.4) is 0 Å². The minimum Gasteiger partial charge on any atom is -0.385 e. The zero-order valence-electron chi connectivity index (χ0n) is 17.7. The van der Waals surface area contributed by atoms with Gasteiger partial charge < -0.3 is 25.3 Å². The molecule has 0 radical (unpaired) electrons. The molecular formula is C20H21F2N4O7P. The van der Waals surface area contributed by atoms with Gasteiger partial charge in [0.2, 0.25) is 6.29 Å². The largest absolute Gasteiger partial charge is 0.477 e. The molecule has 0 saturated carbocycles. The maximum absolute atomic E-state index is 14.2. The molecule has 0 aliphatic carbocycles. The summed E-state index contributed by atoms with van der Waals surface area (Å²) in [5.41, 5.74) is 4.09. The van der Waals surface area contributed by atoms with Crippen molar-refractivity contribution in [3.63, 3.8) is 0 Å². The van der Waals surface area contributed by atoms with Crippen LogP contribution in [0.15, 0.2) is 36.8 Å². The van der Waals surface area contributed by atoms with Crippen LogP contribution in [0, 0.1) is 11.6 Å². The van der Waals surface area contributed by atoms with Gasteiger partial charge in [-0.1, -0.05) is 12.1 Å². The Hall–Kier alpha value is -2.51. The van der Waals surface area contributed by atoms with Crippen LogP contribution in [0.5, 0.6) is 0 Å². The number of nitrogen functional groups attached to an aromatic ring is 1. The Bertz CT molecular complexity index is 1290. The average molecular weight is 498 g/mol. The maximum atomic E-state index is 14.2. The Morgan fingerprint density at radius 1 is 1.32 bits per heavy atom. The monoisotopic (exact) mass is 498 g/mol. The molecule has 11 nitrogen and oxygen atoms in total. The molecule has 4 heterocycles. The molecule has 2 aliphatic heterocycles. The summed E-state index contributed by atoms with van der Waals surface area (Å²) < 4.78 is 64.1. The topological polar surface area (TPSA) is 151 Å². The van der Waals surface area contributed by atoms with E-state index >= 15 is 0 Å². The van der Waals surface area contributed by atoms with Crippen LogP contribution in [0.1, 0.15) is 31.2 Å². The predicted molar refractivity (Wildman–Crippen MR) is 112 cm³/mol. The summed E-state index contributed by atoms with van der Waals surface area (Å²) >= 11 is 0. The van der Waals surface area contributed by atoms with Crippen molar-refractivity contribution < 1.29 is 41.9 Å². The van der Waals surface area contributed by atoms with Crippen molar-refractivity contribution in [1.29, 1.82) is 0 Å². The van der Waals surface area contributed by atoms with Crippen molar-refractivity contribution in [1.82, 2.24) is 14.5 Å². The Balaban J connectivity index is 1.39. The number of aliphatic hydroxyl groups is 2. The van der Waals surface area contributed by atoms with Crippen molar-refractivity contribution in [3.8, 4) is 0 Å². The second-order valence-corrected chi connectivity index (χ2v) is 9.73. The summed E-state index contributed by atoms with van der Waals surface area (Å²) in [6, 6.07) is 5.15. The van der Waals surface area contributed by atoms with Crippen LogP contribution in [0.25, 0.3) is 11.0 Å². The summed E-state index contributed by atoms with van der Waals surface area (Å²) in [6.07, 6.45) is -2.86. The molecule has 2 unspecified atom stereocenters. The third-order valence-electron chi connectivity index (χ3n) is 5.86. The molecule has 2 fully saturated rings. The Morgan fingerprint density at radius 2 is 2.12 bits per heavy atom. The quantitative estimate of drug-likeness (QED) is 0.458. The van der Waals surface area contributed by atoms with E-state index in [9.17, 15) is 23.6 Å². The van der Waals surface area contributed by atoms with Crippen molar-refractivity contribution in [3.05, 3.63) is 54.0 Å². The molecule has 1 aromatic carbocycles. The van der Waals surface area contributed by atoms with Crippen molar-refractivity contribution >= 4 is 24.7 Å². The molecule has 2 aliphatic rings. The molecule has 0 bridgehead atoms. The molecule has 5 rings (SSSR count). The highest BCUT2D eigenvalue weighted by atomic mass is 31.2. The van der Waals surface area contributed by atoms with Gasteiger partial charge >= 0.3 is 7.82 Å². The molecule has 182 valence electrons. The minimum absolute atomic E-state index is 0.0820.